The summed E-state index contributed by atoms with van der Waals surface area (Å²) in [5.41, 5.74) is 0. The number of aliphatic hydroxyl groups is 1. The first-order valence-electron chi connectivity index (χ1n) is 4.60. The summed E-state index contributed by atoms with van der Waals surface area (Å²) < 4.78 is 11.4. The van der Waals surface area contributed by atoms with E-state index in [-0.39, 0.29) is 13.4 Å². The van der Waals surface area contributed by atoms with E-state index in [9.17, 15) is 5.11 Å². The molecule has 15 heavy (non-hydrogen) atoms. The van der Waals surface area contributed by atoms with Gasteiger partial charge in [-0.05, 0) is 12.1 Å². The number of hydrogen-bond donors (Lipinski definition) is 1. The van der Waals surface area contributed by atoms with Crippen molar-refractivity contribution in [1.29, 1.82) is 0 Å². The van der Waals surface area contributed by atoms with Crippen LogP contribution in [-0.2, 0) is 11.3 Å². The van der Waals surface area contributed by atoms with Crippen molar-refractivity contribution in [2.75, 3.05) is 13.9 Å². The number of aliphatic hydroxyl groups excluding tert-OH is 1. The first kappa shape index (κ1) is 10.4. The summed E-state index contributed by atoms with van der Waals surface area (Å²) in [6.07, 6.45) is 0. The Morgan fingerprint density at radius 1 is 1.33 bits per heavy atom. The van der Waals surface area contributed by atoms with E-state index < -0.39 is 0 Å². The predicted octanol–water partition coefficient (Wildman–Crippen LogP) is 2.38. The third kappa shape index (κ3) is 1.97. The van der Waals surface area contributed by atoms with Crippen molar-refractivity contribution in [1.82, 2.24) is 0 Å². The van der Waals surface area contributed by atoms with Crippen LogP contribution in [0.1, 0.15) is 4.88 Å². The van der Waals surface area contributed by atoms with Gasteiger partial charge in [0.1, 0.15) is 5.75 Å². The minimum atomic E-state index is -0.00159. The molecule has 0 aliphatic carbocycles. The van der Waals surface area contributed by atoms with E-state index >= 15 is 0 Å². The third-order valence-electron chi connectivity index (χ3n) is 2.08. The number of thiophene rings is 1. The lowest BCUT2D eigenvalue weighted by Gasteiger charge is -2.04. The monoisotopic (exact) mass is 224 g/mol. The van der Waals surface area contributed by atoms with E-state index in [1.165, 1.54) is 0 Å². The Balaban J connectivity index is 2.47. The number of rotatable bonds is 4. The summed E-state index contributed by atoms with van der Waals surface area (Å²) in [7, 11) is 1.58. The van der Waals surface area contributed by atoms with E-state index in [1.54, 1.807) is 18.4 Å². The van der Waals surface area contributed by atoms with Gasteiger partial charge in [0.25, 0.3) is 0 Å². The van der Waals surface area contributed by atoms with Gasteiger partial charge in [-0.25, -0.2) is 0 Å². The van der Waals surface area contributed by atoms with Gasteiger partial charge in [-0.3, -0.25) is 0 Å². The van der Waals surface area contributed by atoms with Crippen molar-refractivity contribution in [3.8, 4) is 5.75 Å². The van der Waals surface area contributed by atoms with Gasteiger partial charge in [0.15, 0.2) is 6.79 Å². The van der Waals surface area contributed by atoms with E-state index in [0.717, 1.165) is 20.7 Å². The van der Waals surface area contributed by atoms with Crippen LogP contribution in [0.4, 0.5) is 0 Å². The summed E-state index contributed by atoms with van der Waals surface area (Å²) >= 11 is 1.54. The van der Waals surface area contributed by atoms with Crippen molar-refractivity contribution in [2.45, 2.75) is 6.61 Å². The average molecular weight is 224 g/mol. The topological polar surface area (TPSA) is 38.7 Å². The van der Waals surface area contributed by atoms with Gasteiger partial charge in [-0.1, -0.05) is 12.1 Å². The van der Waals surface area contributed by atoms with Crippen molar-refractivity contribution >= 4 is 21.4 Å². The second kappa shape index (κ2) is 4.61. The van der Waals surface area contributed by atoms with Crippen molar-refractivity contribution in [3.05, 3.63) is 29.1 Å². The predicted molar refractivity (Wildman–Crippen MR) is 60.3 cm³/mol. The smallest absolute Gasteiger partial charge is 0.188 e. The minimum absolute atomic E-state index is 0.00159. The van der Waals surface area contributed by atoms with Gasteiger partial charge in [0, 0.05) is 17.2 Å². The maximum absolute atomic E-state index is 9.21. The van der Waals surface area contributed by atoms with Crippen molar-refractivity contribution in [2.24, 2.45) is 0 Å². The Labute approximate surface area is 91.9 Å². The fraction of sp³-hybridized carbons (Fsp3) is 0.273. The summed E-state index contributed by atoms with van der Waals surface area (Å²) in [6.45, 7) is 0.201. The molecule has 0 fully saturated rings. The zero-order valence-electron chi connectivity index (χ0n) is 8.40. The van der Waals surface area contributed by atoms with Crippen LogP contribution in [0, 0.1) is 0 Å². The fourth-order valence-electron chi connectivity index (χ4n) is 1.45. The molecule has 0 bridgehead atoms. The highest BCUT2D eigenvalue weighted by molar-refractivity contribution is 7.19. The van der Waals surface area contributed by atoms with Gasteiger partial charge in [0.2, 0.25) is 0 Å². The summed E-state index contributed by atoms with van der Waals surface area (Å²) in [5, 5.41) is 10.2. The summed E-state index contributed by atoms with van der Waals surface area (Å²) in [4.78, 5) is 0.841. The SMILES string of the molecule is COCOc1c(CO)sc2ccccc12. The number of fused-ring (bicyclic) bond motifs is 1. The lowest BCUT2D eigenvalue weighted by molar-refractivity contribution is 0.0511. The Morgan fingerprint density at radius 3 is 2.87 bits per heavy atom. The first-order valence-corrected chi connectivity index (χ1v) is 5.41. The molecule has 0 spiro atoms. The quantitative estimate of drug-likeness (QED) is 0.810. The zero-order chi connectivity index (χ0) is 10.7. The van der Waals surface area contributed by atoms with E-state index in [4.69, 9.17) is 9.47 Å². The largest absolute Gasteiger partial charge is 0.466 e. The molecule has 0 saturated heterocycles. The molecule has 0 unspecified atom stereocenters. The second-order valence-electron chi connectivity index (χ2n) is 3.06. The van der Waals surface area contributed by atoms with Gasteiger partial charge < -0.3 is 14.6 Å². The Hall–Kier alpha value is -1.10. The van der Waals surface area contributed by atoms with Gasteiger partial charge >= 0.3 is 0 Å². The first-order chi connectivity index (χ1) is 7.36. The lowest BCUT2D eigenvalue weighted by Crippen LogP contribution is -1.99. The summed E-state index contributed by atoms with van der Waals surface area (Å²) in [6, 6.07) is 7.92. The van der Waals surface area contributed by atoms with Crippen LogP contribution in [-0.4, -0.2) is 19.0 Å². The van der Waals surface area contributed by atoms with Crippen LogP contribution in [0.2, 0.25) is 0 Å². The standard InChI is InChI=1S/C11H12O3S/c1-13-7-14-11-8-4-2-3-5-9(8)15-10(11)6-12/h2-5,12H,6-7H2,1H3. The molecule has 4 heteroatoms. The Bertz CT molecular complexity index is 450. The maximum Gasteiger partial charge on any atom is 0.188 e. The molecule has 80 valence electrons. The Morgan fingerprint density at radius 2 is 2.13 bits per heavy atom. The number of ether oxygens (including phenoxy) is 2. The summed E-state index contributed by atoms with van der Waals surface area (Å²) in [5.74, 6) is 0.736. The minimum Gasteiger partial charge on any atom is -0.466 e. The molecule has 0 atom stereocenters. The normalized spacial score (nSPS) is 10.8. The highest BCUT2D eigenvalue weighted by Gasteiger charge is 2.11. The molecule has 0 amide bonds. The molecule has 1 aromatic heterocycles. The molecular weight excluding hydrogens is 212 g/mol. The molecule has 0 saturated carbocycles. The molecule has 1 aromatic carbocycles. The highest BCUT2D eigenvalue weighted by Crippen LogP contribution is 2.37. The average Bonchev–Trinajstić information content (AvgIpc) is 2.64. The molecule has 2 aromatic rings. The molecule has 0 radical (unpaired) electrons. The van der Waals surface area contributed by atoms with E-state index in [0.29, 0.717) is 0 Å². The van der Waals surface area contributed by atoms with E-state index in [2.05, 4.69) is 0 Å². The molecule has 3 nitrogen and oxygen atoms in total. The third-order valence-corrected chi connectivity index (χ3v) is 3.22. The van der Waals surface area contributed by atoms with Crippen LogP contribution in [0.25, 0.3) is 10.1 Å². The molecular formula is C11H12O3S. The maximum atomic E-state index is 9.21. The highest BCUT2D eigenvalue weighted by atomic mass is 32.1. The Kier molecular flexibility index (Phi) is 3.20. The van der Waals surface area contributed by atoms with Crippen LogP contribution in [0.3, 0.4) is 0 Å². The number of methoxy groups -OCH3 is 1. The molecule has 0 aliphatic rings. The van der Waals surface area contributed by atoms with Gasteiger partial charge in [0.05, 0.1) is 11.5 Å². The zero-order valence-corrected chi connectivity index (χ0v) is 9.21. The second-order valence-corrected chi connectivity index (χ2v) is 4.20. The van der Waals surface area contributed by atoms with Gasteiger partial charge in [-0.2, -0.15) is 0 Å². The van der Waals surface area contributed by atoms with Crippen LogP contribution < -0.4 is 4.74 Å². The fourth-order valence-corrected chi connectivity index (χ4v) is 2.46. The van der Waals surface area contributed by atoms with Crippen LogP contribution >= 0.6 is 11.3 Å². The number of benzene rings is 1. The molecule has 1 heterocycles. The van der Waals surface area contributed by atoms with Gasteiger partial charge in [-0.15, -0.1) is 11.3 Å². The molecule has 2 rings (SSSR count). The molecule has 1 N–H and O–H groups in total. The van der Waals surface area contributed by atoms with Crippen molar-refractivity contribution < 1.29 is 14.6 Å². The van der Waals surface area contributed by atoms with Crippen molar-refractivity contribution in [3.63, 3.8) is 0 Å². The van der Waals surface area contributed by atoms with Crippen LogP contribution in [0.15, 0.2) is 24.3 Å². The number of hydrogen-bond acceptors (Lipinski definition) is 4. The lowest BCUT2D eigenvalue weighted by atomic mass is 10.2. The van der Waals surface area contributed by atoms with Crippen LogP contribution in [0.5, 0.6) is 5.75 Å². The van der Waals surface area contributed by atoms with E-state index in [1.807, 2.05) is 24.3 Å². The molecule has 0 aliphatic heterocycles.